The molecule has 1 unspecified atom stereocenters. The first kappa shape index (κ1) is 22.3. The molecule has 0 amide bonds. The van der Waals surface area contributed by atoms with Crippen molar-refractivity contribution in [1.29, 1.82) is 0 Å². The van der Waals surface area contributed by atoms with E-state index in [1.54, 1.807) is 0 Å². The molecular formula is C21H26F2N4O2. The third kappa shape index (κ3) is 5.28. The molecule has 0 aliphatic heterocycles. The summed E-state index contributed by atoms with van der Waals surface area (Å²) >= 11 is 0. The van der Waals surface area contributed by atoms with E-state index in [2.05, 4.69) is 9.97 Å². The van der Waals surface area contributed by atoms with Crippen molar-refractivity contribution in [1.82, 2.24) is 9.97 Å². The van der Waals surface area contributed by atoms with Crippen LogP contribution in [0.2, 0.25) is 0 Å². The fourth-order valence-electron chi connectivity index (χ4n) is 3.27. The molecule has 156 valence electrons. The Morgan fingerprint density at radius 1 is 1.31 bits per heavy atom. The molecule has 6 nitrogen and oxygen atoms in total. The molecule has 1 heterocycles. The number of carboxylic acid groups (broad SMARTS) is 1. The van der Waals surface area contributed by atoms with E-state index in [1.807, 2.05) is 13.8 Å². The zero-order valence-electron chi connectivity index (χ0n) is 16.6. The first-order valence-electron chi connectivity index (χ1n) is 9.56. The van der Waals surface area contributed by atoms with E-state index in [9.17, 15) is 13.6 Å². The summed E-state index contributed by atoms with van der Waals surface area (Å²) in [6.07, 6.45) is 7.66. The lowest BCUT2D eigenvalue weighted by atomic mass is 9.92. The maximum atomic E-state index is 14.2. The molecule has 5 N–H and O–H groups in total. The second-order valence-corrected chi connectivity index (χ2v) is 6.80. The number of hydrogen-bond acceptors (Lipinski definition) is 5. The van der Waals surface area contributed by atoms with Crippen LogP contribution in [-0.2, 0) is 0 Å². The molecule has 0 fully saturated rings. The Hall–Kier alpha value is -3.03. The Bertz CT molecular complexity index is 904. The van der Waals surface area contributed by atoms with E-state index in [1.165, 1.54) is 18.3 Å². The van der Waals surface area contributed by atoms with Crippen molar-refractivity contribution in [3.05, 3.63) is 70.1 Å². The minimum absolute atomic E-state index is 0.0254. The van der Waals surface area contributed by atoms with Crippen LogP contribution in [0.5, 0.6) is 0 Å². The van der Waals surface area contributed by atoms with Crippen LogP contribution in [0, 0.1) is 0 Å². The van der Waals surface area contributed by atoms with Crippen molar-refractivity contribution in [3.8, 4) is 0 Å². The molecule has 0 aromatic carbocycles. The maximum absolute atomic E-state index is 14.2. The first-order chi connectivity index (χ1) is 13.8. The standard InChI is InChI=1S/C21H26F2N4O2/c1-3-6-12(9-16(24)19-14(22)7-5-8-15(19)23)20(25)13(4-2)17-10-26-11-18(27-17)21(28)29/h7,9-11,13H,3-6,8,24-25H2,1-2H3,(H,28,29)/b16-9-,20-12-. The van der Waals surface area contributed by atoms with E-state index in [0.29, 0.717) is 36.2 Å². The molecular weight excluding hydrogens is 378 g/mol. The van der Waals surface area contributed by atoms with Gasteiger partial charge in [0.1, 0.15) is 11.7 Å². The Morgan fingerprint density at radius 3 is 2.62 bits per heavy atom. The summed E-state index contributed by atoms with van der Waals surface area (Å²) in [7, 11) is 0. The fourth-order valence-corrected chi connectivity index (χ4v) is 3.27. The SMILES string of the molecule is CCCC(/C=C(\N)C1=C(F)CCC=C1F)=C(/N)C(CC)c1cncc(C(=O)O)n1. The summed E-state index contributed by atoms with van der Waals surface area (Å²) in [5.74, 6) is -2.85. The number of carbonyl (C=O) groups is 1. The molecule has 1 aromatic rings. The monoisotopic (exact) mass is 404 g/mol. The van der Waals surface area contributed by atoms with Gasteiger partial charge in [-0.15, -0.1) is 0 Å². The van der Waals surface area contributed by atoms with Crippen LogP contribution < -0.4 is 11.5 Å². The second-order valence-electron chi connectivity index (χ2n) is 6.80. The smallest absolute Gasteiger partial charge is 0.356 e. The molecule has 1 aliphatic carbocycles. The lowest BCUT2D eigenvalue weighted by Crippen LogP contribution is -2.16. The number of carboxylic acids is 1. The highest BCUT2D eigenvalue weighted by molar-refractivity contribution is 5.84. The third-order valence-corrected chi connectivity index (χ3v) is 4.72. The van der Waals surface area contributed by atoms with Gasteiger partial charge in [-0.3, -0.25) is 4.98 Å². The second kappa shape index (κ2) is 9.95. The molecule has 0 saturated heterocycles. The molecule has 1 aliphatic rings. The minimum atomic E-state index is -1.18. The van der Waals surface area contributed by atoms with E-state index in [0.717, 1.165) is 12.6 Å². The zero-order valence-corrected chi connectivity index (χ0v) is 16.6. The Labute approximate surface area is 168 Å². The van der Waals surface area contributed by atoms with Crippen LogP contribution in [0.4, 0.5) is 8.78 Å². The molecule has 0 radical (unpaired) electrons. The number of halogens is 2. The molecule has 29 heavy (non-hydrogen) atoms. The lowest BCUT2D eigenvalue weighted by molar-refractivity contribution is 0.0689. The highest BCUT2D eigenvalue weighted by Crippen LogP contribution is 2.33. The van der Waals surface area contributed by atoms with Gasteiger partial charge in [0.25, 0.3) is 0 Å². The van der Waals surface area contributed by atoms with Crippen molar-refractivity contribution >= 4 is 5.97 Å². The van der Waals surface area contributed by atoms with Crippen molar-refractivity contribution in [2.24, 2.45) is 11.5 Å². The average Bonchev–Trinajstić information content (AvgIpc) is 2.68. The number of nitrogens with two attached hydrogens (primary N) is 2. The van der Waals surface area contributed by atoms with Gasteiger partial charge in [-0.25, -0.2) is 18.6 Å². The number of rotatable bonds is 8. The largest absolute Gasteiger partial charge is 0.476 e. The van der Waals surface area contributed by atoms with Gasteiger partial charge in [0, 0.05) is 29.9 Å². The number of nitrogens with zero attached hydrogens (tertiary/aromatic N) is 2. The first-order valence-corrected chi connectivity index (χ1v) is 9.56. The van der Waals surface area contributed by atoms with Crippen LogP contribution in [0.3, 0.4) is 0 Å². The van der Waals surface area contributed by atoms with Gasteiger partial charge < -0.3 is 16.6 Å². The molecule has 0 bridgehead atoms. The predicted molar refractivity (Wildman–Crippen MR) is 107 cm³/mol. The Morgan fingerprint density at radius 2 is 2.03 bits per heavy atom. The number of allylic oxidation sites excluding steroid dienone is 6. The number of aromatic nitrogens is 2. The zero-order chi connectivity index (χ0) is 21.6. The van der Waals surface area contributed by atoms with Gasteiger partial charge >= 0.3 is 5.97 Å². The topological polar surface area (TPSA) is 115 Å². The Kier molecular flexibility index (Phi) is 7.64. The van der Waals surface area contributed by atoms with Crippen LogP contribution in [-0.4, -0.2) is 21.0 Å². The van der Waals surface area contributed by atoms with Crippen LogP contribution in [0.15, 0.2) is 58.7 Å². The Balaban J connectivity index is 2.51. The predicted octanol–water partition coefficient (Wildman–Crippen LogP) is 4.39. The van der Waals surface area contributed by atoms with E-state index in [4.69, 9.17) is 16.6 Å². The molecule has 1 atom stereocenters. The summed E-state index contributed by atoms with van der Waals surface area (Å²) in [4.78, 5) is 19.3. The van der Waals surface area contributed by atoms with Crippen molar-refractivity contribution < 1.29 is 18.7 Å². The van der Waals surface area contributed by atoms with Gasteiger partial charge in [0.15, 0.2) is 5.69 Å². The van der Waals surface area contributed by atoms with Gasteiger partial charge in [-0.05, 0) is 37.0 Å². The summed E-state index contributed by atoms with van der Waals surface area (Å²) in [5.41, 5.74) is 13.5. The molecule has 0 spiro atoms. The molecule has 2 rings (SSSR count). The maximum Gasteiger partial charge on any atom is 0.356 e. The normalized spacial score (nSPS) is 17.0. The van der Waals surface area contributed by atoms with Gasteiger partial charge in [-0.2, -0.15) is 0 Å². The molecule has 8 heteroatoms. The number of hydrogen-bond donors (Lipinski definition) is 3. The van der Waals surface area contributed by atoms with Crippen molar-refractivity contribution in [2.45, 2.75) is 51.9 Å². The molecule has 0 saturated carbocycles. The minimum Gasteiger partial charge on any atom is -0.476 e. The van der Waals surface area contributed by atoms with Gasteiger partial charge in [0.05, 0.1) is 17.5 Å². The van der Waals surface area contributed by atoms with Crippen LogP contribution in [0.25, 0.3) is 0 Å². The summed E-state index contributed by atoms with van der Waals surface area (Å²) in [5, 5.41) is 9.16. The van der Waals surface area contributed by atoms with E-state index < -0.39 is 23.5 Å². The third-order valence-electron chi connectivity index (χ3n) is 4.72. The fraction of sp³-hybridized carbons (Fsp3) is 0.381. The lowest BCUT2D eigenvalue weighted by Gasteiger charge is -2.19. The highest BCUT2D eigenvalue weighted by atomic mass is 19.1. The number of aromatic carboxylic acids is 1. The van der Waals surface area contributed by atoms with Crippen LogP contribution in [0.1, 0.15) is 68.1 Å². The van der Waals surface area contributed by atoms with E-state index >= 15 is 0 Å². The quantitative estimate of drug-likeness (QED) is 0.553. The summed E-state index contributed by atoms with van der Waals surface area (Å²) in [6, 6.07) is 0. The van der Waals surface area contributed by atoms with Gasteiger partial charge in [-0.1, -0.05) is 20.3 Å². The summed E-state index contributed by atoms with van der Waals surface area (Å²) in [6.45, 7) is 3.83. The average molecular weight is 404 g/mol. The van der Waals surface area contributed by atoms with Crippen molar-refractivity contribution in [2.75, 3.05) is 0 Å². The van der Waals surface area contributed by atoms with Gasteiger partial charge in [0.2, 0.25) is 0 Å². The highest BCUT2D eigenvalue weighted by Gasteiger charge is 2.22. The van der Waals surface area contributed by atoms with Crippen molar-refractivity contribution in [3.63, 3.8) is 0 Å². The van der Waals surface area contributed by atoms with E-state index in [-0.39, 0.29) is 23.4 Å². The molecule has 1 aromatic heterocycles. The summed E-state index contributed by atoms with van der Waals surface area (Å²) < 4.78 is 28.3. The van der Waals surface area contributed by atoms with Crippen LogP contribution >= 0.6 is 0 Å².